The van der Waals surface area contributed by atoms with Crippen molar-refractivity contribution in [2.75, 3.05) is 0 Å². The second kappa shape index (κ2) is 10.7. The van der Waals surface area contributed by atoms with Crippen molar-refractivity contribution < 1.29 is 0 Å². The molecule has 1 saturated carbocycles. The van der Waals surface area contributed by atoms with E-state index in [1.54, 1.807) is 12.4 Å². The van der Waals surface area contributed by atoms with Crippen molar-refractivity contribution >= 4 is 0 Å². The molecule has 1 aliphatic rings. The Labute approximate surface area is 200 Å². The van der Waals surface area contributed by atoms with Gasteiger partial charge in [0.05, 0.1) is 6.54 Å². The zero-order chi connectivity index (χ0) is 23.2. The Morgan fingerprint density at radius 3 is 2.62 bits per heavy atom. The van der Waals surface area contributed by atoms with Crippen LogP contribution in [0.15, 0.2) is 42.7 Å². The van der Waals surface area contributed by atoms with E-state index in [9.17, 15) is 0 Å². The fraction of sp³-hybridized carbons (Fsp3) is 0.462. The van der Waals surface area contributed by atoms with Crippen molar-refractivity contribution in [3.8, 4) is 22.5 Å². The van der Waals surface area contributed by atoms with E-state index < -0.39 is 0 Å². The first-order valence-corrected chi connectivity index (χ1v) is 12.5. The molecule has 3 aromatic heterocycles. The largest absolute Gasteiger partial charge is 0.264 e. The van der Waals surface area contributed by atoms with E-state index in [0.29, 0.717) is 5.82 Å². The van der Waals surface area contributed by atoms with Gasteiger partial charge in [0.1, 0.15) is 5.82 Å². The molecule has 1 aromatic carbocycles. The predicted octanol–water partition coefficient (Wildman–Crippen LogP) is 5.03. The third kappa shape index (κ3) is 5.21. The molecular weight excluding hydrogens is 424 g/mol. The molecule has 1 N–H and O–H groups in total. The van der Waals surface area contributed by atoms with Gasteiger partial charge in [-0.25, -0.2) is 14.8 Å². The minimum absolute atomic E-state index is 0.611. The molecule has 4 aromatic rings. The normalized spacial score (nSPS) is 14.5. The van der Waals surface area contributed by atoms with Crippen molar-refractivity contribution in [1.82, 2.24) is 40.4 Å². The smallest absolute Gasteiger partial charge is 0.181 e. The summed E-state index contributed by atoms with van der Waals surface area (Å²) in [6.45, 7) is 2.94. The fourth-order valence-corrected chi connectivity index (χ4v) is 4.95. The Bertz CT molecular complexity index is 1170. The van der Waals surface area contributed by atoms with Crippen LogP contribution in [0.1, 0.15) is 69.1 Å². The molecule has 0 unspecified atom stereocenters. The molecule has 0 spiro atoms. The van der Waals surface area contributed by atoms with Gasteiger partial charge in [0.25, 0.3) is 0 Å². The molecule has 8 heteroatoms. The van der Waals surface area contributed by atoms with Crippen LogP contribution in [0.4, 0.5) is 0 Å². The van der Waals surface area contributed by atoms with Crippen molar-refractivity contribution in [2.24, 2.45) is 5.92 Å². The van der Waals surface area contributed by atoms with Crippen LogP contribution in [0.5, 0.6) is 0 Å². The summed E-state index contributed by atoms with van der Waals surface area (Å²) < 4.78 is 2.10. The van der Waals surface area contributed by atoms with E-state index in [0.717, 1.165) is 60.1 Å². The van der Waals surface area contributed by atoms with E-state index in [-0.39, 0.29) is 0 Å². The number of pyridine rings is 1. The van der Waals surface area contributed by atoms with Crippen molar-refractivity contribution in [3.05, 3.63) is 59.9 Å². The number of hydrogen-bond donors (Lipinski definition) is 1. The van der Waals surface area contributed by atoms with E-state index >= 15 is 0 Å². The minimum Gasteiger partial charge on any atom is -0.264 e. The number of aromatic nitrogens is 8. The molecular formula is C26H32N8. The molecule has 176 valence electrons. The Morgan fingerprint density at radius 1 is 1.00 bits per heavy atom. The standard InChI is InChI=1S/C26H32N8/c1-2-6-25-28-24(14-11-19-7-4-3-5-8-19)31-34(25)18-20-9-12-21(13-10-20)22-15-16-27-17-23(22)26-29-32-33-30-26/h9-10,12-13,15-17,19H,2-8,11,14,18H2,1H3,(H,29,30,32,33). The summed E-state index contributed by atoms with van der Waals surface area (Å²) in [6.07, 6.45) is 14.8. The lowest BCUT2D eigenvalue weighted by molar-refractivity contribution is 0.337. The zero-order valence-electron chi connectivity index (χ0n) is 19.8. The Balaban J connectivity index is 1.30. The van der Waals surface area contributed by atoms with Crippen molar-refractivity contribution in [2.45, 2.75) is 71.3 Å². The van der Waals surface area contributed by atoms with Crippen LogP contribution in [0.25, 0.3) is 22.5 Å². The SMILES string of the molecule is CCCc1nc(CCC2CCCCC2)nn1Cc1ccc(-c2ccncc2-c2nnn[nH]2)cc1. The van der Waals surface area contributed by atoms with Crippen LogP contribution in [0.3, 0.4) is 0 Å². The van der Waals surface area contributed by atoms with Gasteiger partial charge in [0.15, 0.2) is 11.6 Å². The summed E-state index contributed by atoms with van der Waals surface area (Å²) in [7, 11) is 0. The maximum absolute atomic E-state index is 4.91. The second-order valence-electron chi connectivity index (χ2n) is 9.26. The summed E-state index contributed by atoms with van der Waals surface area (Å²) in [5, 5.41) is 19.2. The molecule has 5 rings (SSSR count). The third-order valence-corrected chi connectivity index (χ3v) is 6.79. The molecule has 0 bridgehead atoms. The third-order valence-electron chi connectivity index (χ3n) is 6.79. The van der Waals surface area contributed by atoms with Gasteiger partial charge in [0.2, 0.25) is 0 Å². The molecule has 1 fully saturated rings. The number of aryl methyl sites for hydroxylation is 2. The summed E-state index contributed by atoms with van der Waals surface area (Å²) >= 11 is 0. The Kier molecular flexibility index (Phi) is 7.02. The lowest BCUT2D eigenvalue weighted by atomic mass is 9.86. The monoisotopic (exact) mass is 456 g/mol. The highest BCUT2D eigenvalue weighted by molar-refractivity contribution is 5.79. The van der Waals surface area contributed by atoms with Crippen LogP contribution < -0.4 is 0 Å². The second-order valence-corrected chi connectivity index (χ2v) is 9.26. The summed E-state index contributed by atoms with van der Waals surface area (Å²) in [4.78, 5) is 9.15. The molecule has 3 heterocycles. The number of rotatable bonds is 9. The predicted molar refractivity (Wildman–Crippen MR) is 131 cm³/mol. The minimum atomic E-state index is 0.611. The number of nitrogens with zero attached hydrogens (tertiary/aromatic N) is 7. The Morgan fingerprint density at radius 2 is 1.85 bits per heavy atom. The molecule has 0 saturated heterocycles. The first-order valence-electron chi connectivity index (χ1n) is 12.5. The van der Waals surface area contributed by atoms with Crippen LogP contribution in [0.2, 0.25) is 0 Å². The van der Waals surface area contributed by atoms with Crippen molar-refractivity contribution in [1.29, 1.82) is 0 Å². The average Bonchev–Trinajstić information content (AvgIpc) is 3.55. The van der Waals surface area contributed by atoms with Crippen molar-refractivity contribution in [3.63, 3.8) is 0 Å². The molecule has 1 aliphatic carbocycles. The Hall–Kier alpha value is -3.42. The quantitative estimate of drug-likeness (QED) is 0.379. The van der Waals surface area contributed by atoms with Gasteiger partial charge >= 0.3 is 0 Å². The lowest BCUT2D eigenvalue weighted by Crippen LogP contribution is -2.08. The highest BCUT2D eigenvalue weighted by Gasteiger charge is 2.16. The molecule has 0 radical (unpaired) electrons. The maximum atomic E-state index is 4.91. The molecule has 34 heavy (non-hydrogen) atoms. The number of hydrogen-bond acceptors (Lipinski definition) is 6. The molecule has 8 nitrogen and oxygen atoms in total. The van der Waals surface area contributed by atoms with Crippen LogP contribution in [-0.4, -0.2) is 40.4 Å². The highest BCUT2D eigenvalue weighted by Crippen LogP contribution is 2.29. The number of H-pyrrole nitrogens is 1. The summed E-state index contributed by atoms with van der Waals surface area (Å²) in [5.41, 5.74) is 4.22. The molecule has 0 atom stereocenters. The van der Waals surface area contributed by atoms with E-state index in [4.69, 9.17) is 10.1 Å². The number of benzene rings is 1. The van der Waals surface area contributed by atoms with Crippen LogP contribution in [-0.2, 0) is 19.4 Å². The van der Waals surface area contributed by atoms with Gasteiger partial charge < -0.3 is 0 Å². The topological polar surface area (TPSA) is 98.1 Å². The van der Waals surface area contributed by atoms with Crippen LogP contribution in [0, 0.1) is 5.92 Å². The van der Waals surface area contributed by atoms with Gasteiger partial charge in [-0.15, -0.1) is 5.10 Å². The lowest BCUT2D eigenvalue weighted by Gasteiger charge is -2.20. The van der Waals surface area contributed by atoms with Gasteiger partial charge in [0, 0.05) is 30.8 Å². The first kappa shape index (κ1) is 22.4. The van der Waals surface area contributed by atoms with Gasteiger partial charge in [-0.3, -0.25) is 4.98 Å². The fourth-order valence-electron chi connectivity index (χ4n) is 4.95. The van der Waals surface area contributed by atoms with Gasteiger partial charge in [-0.1, -0.05) is 63.3 Å². The van der Waals surface area contributed by atoms with E-state index in [2.05, 4.69) is 61.5 Å². The summed E-state index contributed by atoms with van der Waals surface area (Å²) in [6, 6.07) is 10.6. The average molecular weight is 457 g/mol. The van der Waals surface area contributed by atoms with Crippen LogP contribution >= 0.6 is 0 Å². The van der Waals surface area contributed by atoms with E-state index in [1.165, 1.54) is 44.1 Å². The van der Waals surface area contributed by atoms with Gasteiger partial charge in [-0.05, 0) is 51.9 Å². The molecule has 0 aliphatic heterocycles. The highest BCUT2D eigenvalue weighted by atomic mass is 15.5. The molecule has 0 amide bonds. The zero-order valence-corrected chi connectivity index (χ0v) is 19.8. The number of aromatic amines is 1. The maximum Gasteiger partial charge on any atom is 0.181 e. The van der Waals surface area contributed by atoms with E-state index in [1.807, 2.05) is 6.07 Å². The summed E-state index contributed by atoms with van der Waals surface area (Å²) in [5.74, 6) is 3.57. The first-order chi connectivity index (χ1) is 16.8. The number of tetrazole rings is 1. The van der Waals surface area contributed by atoms with Gasteiger partial charge in [-0.2, -0.15) is 5.10 Å². The number of nitrogens with one attached hydrogen (secondary N) is 1.